The summed E-state index contributed by atoms with van der Waals surface area (Å²) in [5, 5.41) is 9.05. The Balaban J connectivity index is 1.97. The van der Waals surface area contributed by atoms with Crippen molar-refractivity contribution in [1.29, 1.82) is 0 Å². The highest BCUT2D eigenvalue weighted by atomic mass is 16.4. The van der Waals surface area contributed by atoms with E-state index in [1.807, 2.05) is 0 Å². The molecule has 2 heterocycles. The quantitative estimate of drug-likeness (QED) is 0.918. The average molecular weight is 282 g/mol. The van der Waals surface area contributed by atoms with Crippen LogP contribution in [0.3, 0.4) is 0 Å². The van der Waals surface area contributed by atoms with Crippen molar-refractivity contribution in [2.24, 2.45) is 0 Å². The molecule has 0 fully saturated rings. The standard InChI is InChI=1S/C16H14N2O3/c19-15(13-5-1-2-8-17-13)18-9-3-4-11-10-12(16(20)21)6-7-14(11)18/h1-2,5-8,10H,3-4,9H2,(H,20,21). The van der Waals surface area contributed by atoms with Gasteiger partial charge in [-0.15, -0.1) is 0 Å². The van der Waals surface area contributed by atoms with Gasteiger partial charge >= 0.3 is 5.97 Å². The zero-order valence-corrected chi connectivity index (χ0v) is 11.3. The first-order valence-electron chi connectivity index (χ1n) is 6.76. The molecule has 1 aromatic heterocycles. The monoisotopic (exact) mass is 282 g/mol. The fourth-order valence-electron chi connectivity index (χ4n) is 2.57. The molecule has 1 N–H and O–H groups in total. The molecule has 0 unspecified atom stereocenters. The Morgan fingerprint density at radius 3 is 2.76 bits per heavy atom. The van der Waals surface area contributed by atoms with E-state index in [0.29, 0.717) is 12.2 Å². The molecule has 1 amide bonds. The second kappa shape index (κ2) is 5.36. The number of fused-ring (bicyclic) bond motifs is 1. The van der Waals surface area contributed by atoms with Gasteiger partial charge in [0.15, 0.2) is 0 Å². The third-order valence-corrected chi connectivity index (χ3v) is 3.57. The number of pyridine rings is 1. The van der Waals surface area contributed by atoms with Crippen molar-refractivity contribution in [3.63, 3.8) is 0 Å². The molecule has 1 aromatic carbocycles. The van der Waals surface area contributed by atoms with Crippen molar-refractivity contribution in [3.05, 3.63) is 59.4 Å². The topological polar surface area (TPSA) is 70.5 Å². The number of carbonyl (C=O) groups excluding carboxylic acids is 1. The molecule has 21 heavy (non-hydrogen) atoms. The minimum Gasteiger partial charge on any atom is -0.478 e. The van der Waals surface area contributed by atoms with E-state index < -0.39 is 5.97 Å². The fraction of sp³-hybridized carbons (Fsp3) is 0.188. The number of carboxylic acid groups (broad SMARTS) is 1. The van der Waals surface area contributed by atoms with Crippen molar-refractivity contribution < 1.29 is 14.7 Å². The van der Waals surface area contributed by atoms with Gasteiger partial charge in [0.05, 0.1) is 5.56 Å². The summed E-state index contributed by atoms with van der Waals surface area (Å²) in [5.74, 6) is -1.11. The minimum absolute atomic E-state index is 0.153. The maximum absolute atomic E-state index is 12.5. The van der Waals surface area contributed by atoms with Gasteiger partial charge in [0, 0.05) is 18.4 Å². The van der Waals surface area contributed by atoms with Crippen LogP contribution >= 0.6 is 0 Å². The number of carboxylic acids is 1. The predicted octanol–water partition coefficient (Wildman–Crippen LogP) is 2.37. The van der Waals surface area contributed by atoms with Crippen LogP contribution < -0.4 is 4.90 Å². The van der Waals surface area contributed by atoms with E-state index >= 15 is 0 Å². The zero-order chi connectivity index (χ0) is 14.8. The zero-order valence-electron chi connectivity index (χ0n) is 11.3. The lowest BCUT2D eigenvalue weighted by Gasteiger charge is -2.29. The smallest absolute Gasteiger partial charge is 0.335 e. The molecule has 0 bridgehead atoms. The fourth-order valence-corrected chi connectivity index (χ4v) is 2.57. The van der Waals surface area contributed by atoms with Gasteiger partial charge in [0.2, 0.25) is 0 Å². The largest absolute Gasteiger partial charge is 0.478 e. The highest BCUT2D eigenvalue weighted by Gasteiger charge is 2.24. The van der Waals surface area contributed by atoms with Gasteiger partial charge in [-0.05, 0) is 48.7 Å². The number of aromatic carboxylic acids is 1. The predicted molar refractivity (Wildman–Crippen MR) is 77.6 cm³/mol. The van der Waals surface area contributed by atoms with E-state index in [-0.39, 0.29) is 11.5 Å². The minimum atomic E-state index is -0.953. The van der Waals surface area contributed by atoms with Gasteiger partial charge in [-0.3, -0.25) is 9.78 Å². The maximum atomic E-state index is 12.5. The van der Waals surface area contributed by atoms with Crippen molar-refractivity contribution in [3.8, 4) is 0 Å². The summed E-state index contributed by atoms with van der Waals surface area (Å²) in [6, 6.07) is 10.1. The average Bonchev–Trinajstić information content (AvgIpc) is 2.54. The van der Waals surface area contributed by atoms with Crippen LogP contribution in [0.1, 0.15) is 32.8 Å². The summed E-state index contributed by atoms with van der Waals surface area (Å²) in [5.41, 5.74) is 2.32. The van der Waals surface area contributed by atoms with E-state index in [0.717, 1.165) is 24.1 Å². The first kappa shape index (κ1) is 13.3. The molecule has 1 aliphatic heterocycles. The summed E-state index contributed by atoms with van der Waals surface area (Å²) in [6.07, 6.45) is 3.18. The number of anilines is 1. The van der Waals surface area contributed by atoms with Gasteiger partial charge in [0.1, 0.15) is 5.69 Å². The third-order valence-electron chi connectivity index (χ3n) is 3.57. The molecule has 0 spiro atoms. The number of aryl methyl sites for hydroxylation is 1. The second-order valence-electron chi connectivity index (χ2n) is 4.92. The van der Waals surface area contributed by atoms with Gasteiger partial charge in [-0.2, -0.15) is 0 Å². The van der Waals surface area contributed by atoms with Crippen LogP contribution in [0.25, 0.3) is 0 Å². The molecule has 0 saturated heterocycles. The van der Waals surface area contributed by atoms with Crippen molar-refractivity contribution >= 4 is 17.6 Å². The Kier molecular flexibility index (Phi) is 3.39. The lowest BCUT2D eigenvalue weighted by Crippen LogP contribution is -2.36. The number of amides is 1. The molecule has 5 nitrogen and oxygen atoms in total. The van der Waals surface area contributed by atoms with Crippen molar-refractivity contribution in [2.75, 3.05) is 11.4 Å². The van der Waals surface area contributed by atoms with E-state index in [1.165, 1.54) is 6.07 Å². The Bertz CT molecular complexity index is 698. The Labute approximate surface area is 121 Å². The van der Waals surface area contributed by atoms with Crippen LogP contribution in [0.5, 0.6) is 0 Å². The maximum Gasteiger partial charge on any atom is 0.335 e. The second-order valence-corrected chi connectivity index (χ2v) is 4.92. The lowest BCUT2D eigenvalue weighted by atomic mass is 9.99. The van der Waals surface area contributed by atoms with Crippen molar-refractivity contribution in [2.45, 2.75) is 12.8 Å². The number of hydrogen-bond donors (Lipinski definition) is 1. The van der Waals surface area contributed by atoms with E-state index in [4.69, 9.17) is 5.11 Å². The van der Waals surface area contributed by atoms with E-state index in [9.17, 15) is 9.59 Å². The molecular weight excluding hydrogens is 268 g/mol. The number of carbonyl (C=O) groups is 2. The molecule has 0 atom stereocenters. The SMILES string of the molecule is O=C(O)c1ccc2c(c1)CCCN2C(=O)c1ccccn1. The van der Waals surface area contributed by atoms with Crippen LogP contribution in [0.15, 0.2) is 42.6 Å². The Morgan fingerprint density at radius 2 is 2.05 bits per heavy atom. The molecule has 0 radical (unpaired) electrons. The molecule has 0 aliphatic carbocycles. The van der Waals surface area contributed by atoms with Gasteiger partial charge < -0.3 is 10.0 Å². The molecule has 1 aliphatic rings. The number of nitrogens with zero attached hydrogens (tertiary/aromatic N) is 2. The van der Waals surface area contributed by atoms with Crippen LogP contribution in [-0.4, -0.2) is 28.5 Å². The third kappa shape index (κ3) is 2.50. The van der Waals surface area contributed by atoms with E-state index in [2.05, 4.69) is 4.98 Å². The highest BCUT2D eigenvalue weighted by Crippen LogP contribution is 2.29. The Morgan fingerprint density at radius 1 is 1.19 bits per heavy atom. The summed E-state index contributed by atoms with van der Waals surface area (Å²) in [6.45, 7) is 0.620. The normalized spacial score (nSPS) is 13.6. The molecule has 5 heteroatoms. The van der Waals surface area contributed by atoms with Crippen LogP contribution in [0, 0.1) is 0 Å². The van der Waals surface area contributed by atoms with Crippen molar-refractivity contribution in [1.82, 2.24) is 4.98 Å². The highest BCUT2D eigenvalue weighted by molar-refractivity contribution is 6.05. The first-order valence-corrected chi connectivity index (χ1v) is 6.76. The number of aromatic nitrogens is 1. The summed E-state index contributed by atoms with van der Waals surface area (Å²) < 4.78 is 0. The van der Waals surface area contributed by atoms with Crippen LogP contribution in [-0.2, 0) is 6.42 Å². The van der Waals surface area contributed by atoms with Gasteiger partial charge in [-0.25, -0.2) is 4.79 Å². The van der Waals surface area contributed by atoms with Crippen LogP contribution in [0.2, 0.25) is 0 Å². The van der Waals surface area contributed by atoms with Gasteiger partial charge in [-0.1, -0.05) is 6.07 Å². The van der Waals surface area contributed by atoms with Gasteiger partial charge in [0.25, 0.3) is 5.91 Å². The number of hydrogen-bond acceptors (Lipinski definition) is 3. The van der Waals surface area contributed by atoms with E-state index in [1.54, 1.807) is 41.4 Å². The lowest BCUT2D eigenvalue weighted by molar-refractivity contribution is 0.0696. The summed E-state index contributed by atoms with van der Waals surface area (Å²) in [4.78, 5) is 29.3. The number of rotatable bonds is 2. The van der Waals surface area contributed by atoms with Crippen LogP contribution in [0.4, 0.5) is 5.69 Å². The summed E-state index contributed by atoms with van der Waals surface area (Å²) >= 11 is 0. The Hall–Kier alpha value is -2.69. The molecule has 3 rings (SSSR count). The summed E-state index contributed by atoms with van der Waals surface area (Å²) in [7, 11) is 0. The molecular formula is C16H14N2O3. The molecule has 0 saturated carbocycles. The first-order chi connectivity index (χ1) is 10.2. The molecule has 106 valence electrons. The molecule has 2 aromatic rings. The number of benzene rings is 1.